The van der Waals surface area contributed by atoms with Crippen LogP contribution < -0.4 is 4.90 Å². The summed E-state index contributed by atoms with van der Waals surface area (Å²) >= 11 is 0. The third-order valence-electron chi connectivity index (χ3n) is 15.5. The Kier molecular flexibility index (Phi) is 10.5. The Bertz CT molecular complexity index is 4160. The van der Waals surface area contributed by atoms with Crippen molar-refractivity contribution in [2.75, 3.05) is 4.90 Å². The second kappa shape index (κ2) is 17.9. The Morgan fingerprint density at radius 3 is 1.35 bits per heavy atom. The summed E-state index contributed by atoms with van der Waals surface area (Å²) in [6.45, 7) is 0. The first kappa shape index (κ1) is 43.2. The third kappa shape index (κ3) is 7.00. The number of hydrogen-bond acceptors (Lipinski definition) is 1. The highest BCUT2D eigenvalue weighted by molar-refractivity contribution is 6.22. The first-order chi connectivity index (χ1) is 36.7. The molecule has 1 heteroatoms. The molecular formula is C73H49N. The summed E-state index contributed by atoms with van der Waals surface area (Å²) < 4.78 is 0. The van der Waals surface area contributed by atoms with Crippen LogP contribution in [0, 0.1) is 0 Å². The predicted molar refractivity (Wildman–Crippen MR) is 313 cm³/mol. The fraction of sp³-hybridized carbons (Fsp3) is 0.0137. The normalized spacial score (nSPS) is 12.4. The molecule has 0 aromatic heterocycles. The molecule has 346 valence electrons. The molecule has 0 fully saturated rings. The van der Waals surface area contributed by atoms with Crippen LogP contribution in [0.5, 0.6) is 0 Å². The number of rotatable bonds is 9. The maximum atomic E-state index is 2.47. The van der Waals surface area contributed by atoms with Gasteiger partial charge < -0.3 is 4.90 Å². The van der Waals surface area contributed by atoms with Crippen LogP contribution >= 0.6 is 0 Å². The molecule has 1 nitrogen and oxygen atoms in total. The first-order valence-electron chi connectivity index (χ1n) is 25.7. The molecule has 14 rings (SSSR count). The molecule has 0 radical (unpaired) electrons. The Balaban J connectivity index is 0.978. The zero-order chi connectivity index (χ0) is 49.0. The Labute approximate surface area is 432 Å². The molecule has 0 saturated carbocycles. The summed E-state index contributed by atoms with van der Waals surface area (Å²) in [5.41, 5.74) is 20.0. The van der Waals surface area contributed by atoms with Gasteiger partial charge in [-0.2, -0.15) is 0 Å². The maximum Gasteiger partial charge on any atom is 0.0713 e. The van der Waals surface area contributed by atoms with Gasteiger partial charge in [0.2, 0.25) is 0 Å². The molecule has 13 aromatic rings. The van der Waals surface area contributed by atoms with Crippen molar-refractivity contribution in [1.82, 2.24) is 0 Å². The van der Waals surface area contributed by atoms with Crippen molar-refractivity contribution < 1.29 is 0 Å². The van der Waals surface area contributed by atoms with Gasteiger partial charge in [-0.15, -0.1) is 0 Å². The van der Waals surface area contributed by atoms with E-state index in [1.54, 1.807) is 0 Å². The Morgan fingerprint density at radius 2 is 0.676 bits per heavy atom. The van der Waals surface area contributed by atoms with Crippen LogP contribution in [-0.2, 0) is 5.41 Å². The van der Waals surface area contributed by atoms with E-state index in [1.165, 1.54) is 110 Å². The fourth-order valence-corrected chi connectivity index (χ4v) is 12.3. The van der Waals surface area contributed by atoms with Crippen molar-refractivity contribution in [3.63, 3.8) is 0 Å². The standard InChI is InChI=1S/C73H49N/c1-5-21-54(22-6-1)71-66-33-16-15-31-63(66)64-46-44-59(49-68(64)72(71)55-23-7-2-8-24-55)74(58-42-40-51(41-43-58)50-36-38-53(39-37-50)62-34-19-25-52-20-13-14-30-61(52)62)60-45-47-70-67(48-60)65-32-17-18-35-69(65)73(70,56-26-9-3-10-27-56)57-28-11-4-12-29-57/h1-49H. The third-order valence-corrected chi connectivity index (χ3v) is 15.5. The van der Waals surface area contributed by atoms with Crippen LogP contribution in [-0.4, -0.2) is 0 Å². The van der Waals surface area contributed by atoms with Crippen molar-refractivity contribution in [2.45, 2.75) is 5.41 Å². The Hall–Kier alpha value is -9.56. The number of fused-ring (bicyclic) bond motifs is 7. The molecule has 0 unspecified atom stereocenters. The van der Waals surface area contributed by atoms with Crippen LogP contribution in [0.3, 0.4) is 0 Å². The topological polar surface area (TPSA) is 3.24 Å². The van der Waals surface area contributed by atoms with Crippen molar-refractivity contribution in [3.05, 3.63) is 320 Å². The van der Waals surface area contributed by atoms with Crippen LogP contribution in [0.2, 0.25) is 0 Å². The summed E-state index contributed by atoms with van der Waals surface area (Å²) in [7, 11) is 0. The van der Waals surface area contributed by atoms with E-state index in [9.17, 15) is 0 Å². The van der Waals surface area contributed by atoms with E-state index >= 15 is 0 Å². The van der Waals surface area contributed by atoms with Crippen LogP contribution in [0.4, 0.5) is 17.1 Å². The number of benzene rings is 13. The number of anilines is 3. The van der Waals surface area contributed by atoms with Gasteiger partial charge in [0.25, 0.3) is 0 Å². The summed E-state index contributed by atoms with van der Waals surface area (Å²) in [5.74, 6) is 0. The Morgan fingerprint density at radius 1 is 0.230 bits per heavy atom. The summed E-state index contributed by atoms with van der Waals surface area (Å²) in [6, 6.07) is 110. The highest BCUT2D eigenvalue weighted by Gasteiger charge is 2.46. The molecule has 0 amide bonds. The lowest BCUT2D eigenvalue weighted by molar-refractivity contribution is 0.768. The minimum Gasteiger partial charge on any atom is -0.310 e. The smallest absolute Gasteiger partial charge is 0.0713 e. The first-order valence-corrected chi connectivity index (χ1v) is 25.7. The minimum absolute atomic E-state index is 0.495. The average Bonchev–Trinajstić information content (AvgIpc) is 3.78. The minimum atomic E-state index is -0.495. The van der Waals surface area contributed by atoms with Crippen molar-refractivity contribution in [3.8, 4) is 55.6 Å². The van der Waals surface area contributed by atoms with Gasteiger partial charge >= 0.3 is 0 Å². The molecule has 0 bridgehead atoms. The van der Waals surface area contributed by atoms with Gasteiger partial charge in [0.15, 0.2) is 0 Å². The monoisotopic (exact) mass is 939 g/mol. The van der Waals surface area contributed by atoms with Gasteiger partial charge in [-0.25, -0.2) is 0 Å². The molecule has 0 spiro atoms. The molecule has 0 aliphatic heterocycles. The van der Waals surface area contributed by atoms with Gasteiger partial charge in [-0.3, -0.25) is 0 Å². The van der Waals surface area contributed by atoms with Gasteiger partial charge in [-0.1, -0.05) is 261 Å². The van der Waals surface area contributed by atoms with E-state index in [1.807, 2.05) is 0 Å². The van der Waals surface area contributed by atoms with Crippen LogP contribution in [0.1, 0.15) is 22.3 Å². The lowest BCUT2D eigenvalue weighted by Crippen LogP contribution is -2.28. The second-order valence-corrected chi connectivity index (χ2v) is 19.5. The molecule has 0 atom stereocenters. The van der Waals surface area contributed by atoms with Gasteiger partial charge in [0.05, 0.1) is 5.41 Å². The molecule has 74 heavy (non-hydrogen) atoms. The SMILES string of the molecule is c1ccc(-c2c(-c3ccccc3)c3cc(N(c4ccc(-c5ccc(-c6cccc7ccccc67)cc5)cc4)c4ccc5c(c4)-c4ccccc4C5(c4ccccc4)c4ccccc4)ccc3c3ccccc23)cc1. The average molecular weight is 940 g/mol. The number of hydrogen-bond donors (Lipinski definition) is 0. The number of nitrogens with zero attached hydrogens (tertiary/aromatic N) is 1. The molecule has 13 aromatic carbocycles. The summed E-state index contributed by atoms with van der Waals surface area (Å²) in [4.78, 5) is 2.47. The van der Waals surface area contributed by atoms with Gasteiger partial charge in [0.1, 0.15) is 0 Å². The molecule has 0 heterocycles. The summed E-state index contributed by atoms with van der Waals surface area (Å²) in [5, 5.41) is 7.43. The van der Waals surface area contributed by atoms with E-state index < -0.39 is 5.41 Å². The van der Waals surface area contributed by atoms with E-state index in [0.29, 0.717) is 0 Å². The van der Waals surface area contributed by atoms with E-state index in [0.717, 1.165) is 17.1 Å². The second-order valence-electron chi connectivity index (χ2n) is 19.5. The summed E-state index contributed by atoms with van der Waals surface area (Å²) in [6.07, 6.45) is 0. The molecule has 1 aliphatic carbocycles. The molecule has 0 N–H and O–H groups in total. The van der Waals surface area contributed by atoms with Crippen molar-refractivity contribution in [2.24, 2.45) is 0 Å². The lowest BCUT2D eigenvalue weighted by atomic mass is 9.68. The van der Waals surface area contributed by atoms with E-state index in [4.69, 9.17) is 0 Å². The lowest BCUT2D eigenvalue weighted by Gasteiger charge is -2.34. The van der Waals surface area contributed by atoms with Gasteiger partial charge in [-0.05, 0) is 147 Å². The quantitative estimate of drug-likeness (QED) is 0.130. The highest BCUT2D eigenvalue weighted by Crippen LogP contribution is 2.57. The molecule has 0 saturated heterocycles. The zero-order valence-corrected chi connectivity index (χ0v) is 40.7. The van der Waals surface area contributed by atoms with E-state index in [2.05, 4.69) is 302 Å². The predicted octanol–water partition coefficient (Wildman–Crippen LogP) is 19.6. The fourth-order valence-electron chi connectivity index (χ4n) is 12.3. The van der Waals surface area contributed by atoms with Gasteiger partial charge in [0, 0.05) is 17.1 Å². The molecule has 1 aliphatic rings. The zero-order valence-electron chi connectivity index (χ0n) is 40.7. The van der Waals surface area contributed by atoms with Crippen molar-refractivity contribution >= 4 is 49.4 Å². The molecular weight excluding hydrogens is 891 g/mol. The van der Waals surface area contributed by atoms with Crippen molar-refractivity contribution in [1.29, 1.82) is 0 Å². The van der Waals surface area contributed by atoms with Crippen LogP contribution in [0.25, 0.3) is 88.0 Å². The highest BCUT2D eigenvalue weighted by atomic mass is 15.1. The van der Waals surface area contributed by atoms with Crippen LogP contribution in [0.15, 0.2) is 297 Å². The van der Waals surface area contributed by atoms with E-state index in [-0.39, 0.29) is 0 Å². The largest absolute Gasteiger partial charge is 0.310 e. The maximum absolute atomic E-state index is 2.47.